The normalized spacial score (nSPS) is 18.6. The Morgan fingerprint density at radius 1 is 1.09 bits per heavy atom. The monoisotopic (exact) mass is 486 g/mol. The Morgan fingerprint density at radius 2 is 1.85 bits per heavy atom. The molecule has 0 saturated carbocycles. The molecule has 2 aliphatic rings. The number of aromatic nitrogens is 1. The average Bonchev–Trinajstić information content (AvgIpc) is 3.47. The smallest absolute Gasteiger partial charge is 0.355 e. The summed E-state index contributed by atoms with van der Waals surface area (Å²) in [6.45, 7) is 2.44. The highest BCUT2D eigenvalue weighted by Gasteiger charge is 2.31. The van der Waals surface area contributed by atoms with Crippen LogP contribution < -0.4 is 9.80 Å². The number of alkyl halides is 3. The first-order chi connectivity index (χ1) is 16.2. The number of rotatable bonds is 4. The van der Waals surface area contributed by atoms with Gasteiger partial charge in [-0.3, -0.25) is 4.79 Å². The van der Waals surface area contributed by atoms with Crippen LogP contribution in [-0.2, 0) is 12.6 Å². The van der Waals surface area contributed by atoms with E-state index in [2.05, 4.69) is 28.9 Å². The molecule has 0 aliphatic carbocycles. The zero-order valence-corrected chi connectivity index (χ0v) is 19.8. The van der Waals surface area contributed by atoms with Gasteiger partial charge in [0.15, 0.2) is 0 Å². The minimum Gasteiger partial charge on any atom is -0.355 e. The molecule has 178 valence electrons. The first kappa shape index (κ1) is 22.9. The number of hydrogen-bond acceptors (Lipinski definition) is 5. The minimum atomic E-state index is -4.36. The average molecular weight is 487 g/mol. The number of carbonyl (C=O) groups is 1. The molecule has 0 radical (unpaired) electrons. The molecule has 0 N–H and O–H groups in total. The largest absolute Gasteiger partial charge is 0.416 e. The van der Waals surface area contributed by atoms with Crippen molar-refractivity contribution in [3.05, 3.63) is 64.7 Å². The van der Waals surface area contributed by atoms with Gasteiger partial charge in [-0.15, -0.1) is 11.3 Å². The summed E-state index contributed by atoms with van der Waals surface area (Å²) in [5.41, 5.74) is 1.70. The minimum absolute atomic E-state index is 0.0900. The molecule has 3 aromatic rings. The summed E-state index contributed by atoms with van der Waals surface area (Å²) in [6, 6.07) is 11.4. The van der Waals surface area contributed by atoms with E-state index >= 15 is 0 Å². The number of carbonyl (C=O) groups excluding carboxylic acids is 1. The Morgan fingerprint density at radius 3 is 2.47 bits per heavy atom. The zero-order chi connectivity index (χ0) is 24.0. The van der Waals surface area contributed by atoms with E-state index in [9.17, 15) is 18.0 Å². The van der Waals surface area contributed by atoms with E-state index in [1.165, 1.54) is 23.5 Å². The summed E-state index contributed by atoms with van der Waals surface area (Å²) in [5, 5.41) is 0. The highest BCUT2D eigenvalue weighted by Crippen LogP contribution is 2.37. The molecular formula is C25H25F3N4OS. The maximum absolute atomic E-state index is 13.3. The third-order valence-corrected chi connectivity index (χ3v) is 7.83. The number of anilines is 2. The summed E-state index contributed by atoms with van der Waals surface area (Å²) in [7, 11) is 4.18. The van der Waals surface area contributed by atoms with Gasteiger partial charge in [-0.25, -0.2) is 4.98 Å². The van der Waals surface area contributed by atoms with E-state index in [0.717, 1.165) is 53.6 Å². The van der Waals surface area contributed by atoms with Gasteiger partial charge >= 0.3 is 6.18 Å². The number of benzene rings is 1. The molecule has 4 heterocycles. The van der Waals surface area contributed by atoms with Crippen molar-refractivity contribution in [3.63, 3.8) is 0 Å². The molecule has 2 aliphatic heterocycles. The van der Waals surface area contributed by atoms with Crippen molar-refractivity contribution >= 4 is 28.7 Å². The van der Waals surface area contributed by atoms with Crippen LogP contribution in [0, 0.1) is 0 Å². The second-order valence-corrected chi connectivity index (χ2v) is 10.0. The zero-order valence-electron chi connectivity index (χ0n) is 19.0. The van der Waals surface area contributed by atoms with Crippen molar-refractivity contribution in [1.29, 1.82) is 0 Å². The number of amides is 1. The first-order valence-corrected chi connectivity index (χ1v) is 12.0. The van der Waals surface area contributed by atoms with Gasteiger partial charge in [-0.05, 0) is 68.4 Å². The lowest BCUT2D eigenvalue weighted by molar-refractivity contribution is -0.137. The standard InChI is InChI=1S/C25H25F3N4OS/c1-30(2)20-10-11-31(15-20)22-8-7-19(14-29-22)32-12-9-17-13-21(34-23(17)24(32)33)16-3-5-18(6-4-16)25(26,27)28/h3-8,13-14,20H,9-12,15H2,1-2H3. The number of hydrogen-bond donors (Lipinski definition) is 0. The van der Waals surface area contributed by atoms with Crippen LogP contribution in [0.2, 0.25) is 0 Å². The van der Waals surface area contributed by atoms with Crippen LogP contribution in [-0.4, -0.2) is 55.6 Å². The third-order valence-electron chi connectivity index (χ3n) is 6.61. The Balaban J connectivity index is 1.32. The molecule has 1 aromatic carbocycles. The van der Waals surface area contributed by atoms with Gasteiger partial charge in [0, 0.05) is 30.6 Å². The number of halogens is 3. The van der Waals surface area contributed by atoms with Crippen molar-refractivity contribution in [1.82, 2.24) is 9.88 Å². The Bertz CT molecular complexity index is 1190. The number of fused-ring (bicyclic) bond motifs is 1. The van der Waals surface area contributed by atoms with Gasteiger partial charge in [0.05, 0.1) is 22.3 Å². The van der Waals surface area contributed by atoms with E-state index in [4.69, 9.17) is 0 Å². The topological polar surface area (TPSA) is 39.7 Å². The summed E-state index contributed by atoms with van der Waals surface area (Å²) in [6.07, 6.45) is -0.818. The number of nitrogens with zero attached hydrogens (tertiary/aromatic N) is 4. The SMILES string of the molecule is CN(C)C1CCN(c2ccc(N3CCc4cc(-c5ccc(C(F)(F)F)cc5)sc4C3=O)cn2)C1. The lowest BCUT2D eigenvalue weighted by Gasteiger charge is -2.27. The molecule has 0 bridgehead atoms. The van der Waals surface area contributed by atoms with Gasteiger partial charge in [-0.1, -0.05) is 12.1 Å². The molecule has 5 rings (SSSR count). The molecule has 1 unspecified atom stereocenters. The Kier molecular flexibility index (Phi) is 5.85. The van der Waals surface area contributed by atoms with E-state index in [-0.39, 0.29) is 5.91 Å². The van der Waals surface area contributed by atoms with Crippen LogP contribution in [0.5, 0.6) is 0 Å². The van der Waals surface area contributed by atoms with Crippen LogP contribution in [0.25, 0.3) is 10.4 Å². The van der Waals surface area contributed by atoms with Crippen molar-refractivity contribution in [2.75, 3.05) is 43.5 Å². The Labute approximate surface area is 200 Å². The van der Waals surface area contributed by atoms with Crippen molar-refractivity contribution in [3.8, 4) is 10.4 Å². The first-order valence-electron chi connectivity index (χ1n) is 11.2. The fraction of sp³-hybridized carbons (Fsp3) is 0.360. The highest BCUT2D eigenvalue weighted by molar-refractivity contribution is 7.17. The van der Waals surface area contributed by atoms with Crippen LogP contribution in [0.3, 0.4) is 0 Å². The second kappa shape index (κ2) is 8.70. The predicted molar refractivity (Wildman–Crippen MR) is 129 cm³/mol. The molecule has 34 heavy (non-hydrogen) atoms. The van der Waals surface area contributed by atoms with E-state index in [0.29, 0.717) is 29.4 Å². The van der Waals surface area contributed by atoms with E-state index < -0.39 is 11.7 Å². The van der Waals surface area contributed by atoms with E-state index in [1.807, 2.05) is 18.2 Å². The molecular weight excluding hydrogens is 461 g/mol. The van der Waals surface area contributed by atoms with Crippen LogP contribution in [0.4, 0.5) is 24.7 Å². The molecule has 1 saturated heterocycles. The number of pyridine rings is 1. The summed E-state index contributed by atoms with van der Waals surface area (Å²) in [4.78, 5) is 25.5. The van der Waals surface area contributed by atoms with Crippen LogP contribution in [0.15, 0.2) is 48.7 Å². The van der Waals surface area contributed by atoms with Gasteiger partial charge in [-0.2, -0.15) is 13.2 Å². The second-order valence-electron chi connectivity index (χ2n) is 8.97. The van der Waals surface area contributed by atoms with Crippen molar-refractivity contribution in [2.45, 2.75) is 25.1 Å². The maximum atomic E-state index is 13.3. The molecule has 9 heteroatoms. The fourth-order valence-corrected chi connectivity index (χ4v) is 5.72. The van der Waals surface area contributed by atoms with Gasteiger partial charge < -0.3 is 14.7 Å². The van der Waals surface area contributed by atoms with Gasteiger partial charge in [0.1, 0.15) is 5.82 Å². The van der Waals surface area contributed by atoms with Crippen molar-refractivity contribution < 1.29 is 18.0 Å². The summed E-state index contributed by atoms with van der Waals surface area (Å²) < 4.78 is 38.6. The van der Waals surface area contributed by atoms with Gasteiger partial charge in [0.25, 0.3) is 5.91 Å². The Hall–Kier alpha value is -2.91. The summed E-state index contributed by atoms with van der Waals surface area (Å²) in [5.74, 6) is 0.826. The predicted octanol–water partition coefficient (Wildman–Crippen LogP) is 5.17. The number of thiophene rings is 1. The van der Waals surface area contributed by atoms with Crippen LogP contribution >= 0.6 is 11.3 Å². The molecule has 1 amide bonds. The summed E-state index contributed by atoms with van der Waals surface area (Å²) >= 11 is 1.33. The lowest BCUT2D eigenvalue weighted by Crippen LogP contribution is -2.36. The number of likely N-dealkylation sites (N-methyl/N-ethyl adjacent to an activating group) is 1. The van der Waals surface area contributed by atoms with Crippen LogP contribution in [0.1, 0.15) is 27.2 Å². The quantitative estimate of drug-likeness (QED) is 0.510. The maximum Gasteiger partial charge on any atom is 0.416 e. The molecule has 2 aromatic heterocycles. The lowest BCUT2D eigenvalue weighted by atomic mass is 10.0. The molecule has 1 atom stereocenters. The molecule has 0 spiro atoms. The van der Waals surface area contributed by atoms with Gasteiger partial charge in [0.2, 0.25) is 0 Å². The van der Waals surface area contributed by atoms with E-state index in [1.54, 1.807) is 11.1 Å². The third kappa shape index (κ3) is 4.30. The van der Waals surface area contributed by atoms with Crippen molar-refractivity contribution in [2.24, 2.45) is 0 Å². The molecule has 5 nitrogen and oxygen atoms in total. The molecule has 1 fully saturated rings. The fourth-order valence-electron chi connectivity index (χ4n) is 4.56. The highest BCUT2D eigenvalue weighted by atomic mass is 32.1.